The number of hydrogen-bond donors (Lipinski definition) is 2. The monoisotopic (exact) mass is 281 g/mol. The number of nitrogens with one attached hydrogen (secondary N) is 1. The van der Waals surface area contributed by atoms with Crippen molar-refractivity contribution in [3.05, 3.63) is 0 Å². The maximum absolute atomic E-state index is 10.1. The number of carbonyl (C=O) groups is 1. The van der Waals surface area contributed by atoms with Crippen LogP contribution in [0, 0.1) is 5.92 Å². The molecule has 0 rings (SSSR count). The molecular weight excluding hydrogens is 258 g/mol. The second kappa shape index (κ2) is 9.16. The molecule has 15 heavy (non-hydrogen) atoms. The van der Waals surface area contributed by atoms with Crippen molar-refractivity contribution in [1.82, 2.24) is 5.32 Å². The van der Waals surface area contributed by atoms with E-state index in [9.17, 15) is 4.79 Å². The molecule has 0 amide bonds. The molecule has 0 bridgehead atoms. The van der Waals surface area contributed by atoms with Gasteiger partial charge in [-0.3, -0.25) is 4.79 Å². The van der Waals surface area contributed by atoms with Gasteiger partial charge in [0, 0.05) is 12.1 Å². The minimum atomic E-state index is -0.792. The Labute approximate surface area is 102 Å². The average Bonchev–Trinajstić information content (AvgIpc) is 2.00. The summed E-state index contributed by atoms with van der Waals surface area (Å²) in [5.41, 5.74) is 0. The maximum Gasteiger partial charge on any atom is 0.317 e. The maximum atomic E-state index is 10.1. The van der Waals surface area contributed by atoms with E-state index >= 15 is 0 Å². The highest BCUT2D eigenvalue weighted by atomic mass is 79.9. The molecule has 3 nitrogen and oxygen atoms in total. The zero-order valence-electron chi connectivity index (χ0n) is 10.5. The van der Waals surface area contributed by atoms with Crippen LogP contribution in [0.5, 0.6) is 0 Å². The van der Waals surface area contributed by atoms with Crippen molar-refractivity contribution in [1.29, 1.82) is 0 Å². The van der Waals surface area contributed by atoms with Gasteiger partial charge >= 0.3 is 5.97 Å². The number of carboxylic acid groups (broad SMARTS) is 1. The predicted molar refractivity (Wildman–Crippen MR) is 68.6 cm³/mol. The van der Waals surface area contributed by atoms with E-state index in [1.165, 1.54) is 0 Å². The molecule has 0 heterocycles. The van der Waals surface area contributed by atoms with Crippen molar-refractivity contribution in [2.24, 2.45) is 5.92 Å². The molecule has 0 unspecified atom stereocenters. The lowest BCUT2D eigenvalue weighted by molar-refractivity contribution is -0.136. The Morgan fingerprint density at radius 3 is 1.40 bits per heavy atom. The van der Waals surface area contributed by atoms with E-state index in [0.29, 0.717) is 12.1 Å². The normalized spacial score (nSPS) is 12.7. The third-order valence-corrected chi connectivity index (χ3v) is 2.94. The predicted octanol–water partition coefficient (Wildman–Crippen LogP) is 2.88. The standard InChI is InChI=1S/C6H15N.C5H9BrO2/c1-5(2)7-6(3)4;1-3(2)4(6)5(7)8/h5-7H,1-4H3;3-4H,1-2H3,(H,7,8)/t;4-/m.1/s1. The van der Waals surface area contributed by atoms with Crippen molar-refractivity contribution in [3.8, 4) is 0 Å². The van der Waals surface area contributed by atoms with Crippen LogP contribution in [0.15, 0.2) is 0 Å². The third kappa shape index (κ3) is 13.9. The van der Waals surface area contributed by atoms with Crippen LogP contribution in [0.3, 0.4) is 0 Å². The van der Waals surface area contributed by atoms with Gasteiger partial charge < -0.3 is 10.4 Å². The SMILES string of the molecule is CC(C)NC(C)C.CC(C)[C@@H](Br)C(=O)O. The van der Waals surface area contributed by atoms with E-state index in [1.54, 1.807) is 0 Å². The first-order valence-corrected chi connectivity index (χ1v) is 6.23. The van der Waals surface area contributed by atoms with Gasteiger partial charge in [-0.15, -0.1) is 0 Å². The Morgan fingerprint density at radius 2 is 1.40 bits per heavy atom. The molecule has 0 fully saturated rings. The molecule has 0 saturated heterocycles. The van der Waals surface area contributed by atoms with Crippen molar-refractivity contribution in [2.75, 3.05) is 0 Å². The van der Waals surface area contributed by atoms with Gasteiger partial charge in [0.05, 0.1) is 0 Å². The third-order valence-electron chi connectivity index (χ3n) is 1.49. The highest BCUT2D eigenvalue weighted by Crippen LogP contribution is 2.10. The van der Waals surface area contributed by atoms with Gasteiger partial charge in [-0.05, 0) is 5.92 Å². The van der Waals surface area contributed by atoms with Gasteiger partial charge in [0.15, 0.2) is 0 Å². The highest BCUT2D eigenvalue weighted by Gasteiger charge is 2.16. The molecule has 2 N–H and O–H groups in total. The molecule has 0 aliphatic heterocycles. The van der Waals surface area contributed by atoms with Crippen LogP contribution in [0.1, 0.15) is 41.5 Å². The van der Waals surface area contributed by atoms with Crippen LogP contribution in [-0.2, 0) is 4.79 Å². The molecule has 0 saturated carbocycles. The van der Waals surface area contributed by atoms with Crippen molar-refractivity contribution in [3.63, 3.8) is 0 Å². The molecule has 0 aromatic rings. The van der Waals surface area contributed by atoms with Crippen molar-refractivity contribution >= 4 is 21.9 Å². The fourth-order valence-electron chi connectivity index (χ4n) is 0.952. The summed E-state index contributed by atoms with van der Waals surface area (Å²) in [5, 5.41) is 11.6. The van der Waals surface area contributed by atoms with Crippen LogP contribution < -0.4 is 5.32 Å². The van der Waals surface area contributed by atoms with Crippen LogP contribution in [0.2, 0.25) is 0 Å². The summed E-state index contributed by atoms with van der Waals surface area (Å²) in [6, 6.07) is 1.25. The zero-order valence-corrected chi connectivity index (χ0v) is 12.1. The Kier molecular flexibility index (Phi) is 10.6. The highest BCUT2D eigenvalue weighted by molar-refractivity contribution is 9.10. The number of aliphatic carboxylic acids is 1. The Bertz CT molecular complexity index is 164. The van der Waals surface area contributed by atoms with Gasteiger partial charge in [-0.25, -0.2) is 0 Å². The molecule has 0 aromatic carbocycles. The Hall–Kier alpha value is -0.0900. The number of hydrogen-bond acceptors (Lipinski definition) is 2. The summed E-state index contributed by atoms with van der Waals surface area (Å²) in [6.07, 6.45) is 0. The smallest absolute Gasteiger partial charge is 0.317 e. The molecule has 0 radical (unpaired) electrons. The second-order valence-corrected chi connectivity index (χ2v) is 5.45. The van der Waals surface area contributed by atoms with Crippen LogP contribution in [-0.4, -0.2) is 28.0 Å². The number of alkyl halides is 1. The van der Waals surface area contributed by atoms with E-state index in [1.807, 2.05) is 13.8 Å². The lowest BCUT2D eigenvalue weighted by Gasteiger charge is -2.10. The minimum absolute atomic E-state index is 0.160. The summed E-state index contributed by atoms with van der Waals surface area (Å²) in [7, 11) is 0. The zero-order chi connectivity index (χ0) is 12.6. The van der Waals surface area contributed by atoms with E-state index in [4.69, 9.17) is 5.11 Å². The fraction of sp³-hybridized carbons (Fsp3) is 0.909. The molecule has 0 aliphatic carbocycles. The van der Waals surface area contributed by atoms with Crippen LogP contribution in [0.4, 0.5) is 0 Å². The Balaban J connectivity index is 0. The van der Waals surface area contributed by atoms with Gasteiger partial charge in [0.2, 0.25) is 0 Å². The summed E-state index contributed by atoms with van der Waals surface area (Å²) < 4.78 is 0. The van der Waals surface area contributed by atoms with E-state index < -0.39 is 10.8 Å². The fourth-order valence-corrected chi connectivity index (χ4v) is 0.952. The van der Waals surface area contributed by atoms with Crippen LogP contribution >= 0.6 is 15.9 Å². The number of rotatable bonds is 4. The first kappa shape index (κ1) is 17.3. The van der Waals surface area contributed by atoms with E-state index in [2.05, 4.69) is 48.9 Å². The minimum Gasteiger partial charge on any atom is -0.480 e. The summed E-state index contributed by atoms with van der Waals surface area (Å²) >= 11 is 3.01. The summed E-state index contributed by atoms with van der Waals surface area (Å²) in [5.74, 6) is -0.632. The topological polar surface area (TPSA) is 49.3 Å². The quantitative estimate of drug-likeness (QED) is 0.779. The van der Waals surface area contributed by atoms with Gasteiger partial charge in [0.1, 0.15) is 4.83 Å². The number of carboxylic acids is 1. The first-order chi connectivity index (χ1) is 6.68. The van der Waals surface area contributed by atoms with E-state index in [0.717, 1.165) is 0 Å². The van der Waals surface area contributed by atoms with Crippen LogP contribution in [0.25, 0.3) is 0 Å². The molecule has 0 spiro atoms. The lowest BCUT2D eigenvalue weighted by Crippen LogP contribution is -2.29. The number of halogens is 1. The first-order valence-electron chi connectivity index (χ1n) is 5.31. The van der Waals surface area contributed by atoms with Crippen molar-refractivity contribution in [2.45, 2.75) is 58.5 Å². The molecule has 0 aromatic heterocycles. The van der Waals surface area contributed by atoms with Gasteiger partial charge in [-0.1, -0.05) is 57.5 Å². The second-order valence-electron chi connectivity index (χ2n) is 4.46. The van der Waals surface area contributed by atoms with Gasteiger partial charge in [-0.2, -0.15) is 0 Å². The molecular formula is C11H24BrNO2. The average molecular weight is 282 g/mol. The molecule has 4 heteroatoms. The summed E-state index contributed by atoms with van der Waals surface area (Å²) in [6.45, 7) is 12.3. The van der Waals surface area contributed by atoms with Crippen molar-refractivity contribution < 1.29 is 9.90 Å². The molecule has 1 atom stereocenters. The molecule has 92 valence electrons. The molecule has 0 aliphatic rings. The largest absolute Gasteiger partial charge is 0.480 e. The Morgan fingerprint density at radius 1 is 1.07 bits per heavy atom. The lowest BCUT2D eigenvalue weighted by atomic mass is 10.1. The summed E-state index contributed by atoms with van der Waals surface area (Å²) in [4.78, 5) is 9.69. The van der Waals surface area contributed by atoms with E-state index in [-0.39, 0.29) is 5.92 Å². The van der Waals surface area contributed by atoms with Gasteiger partial charge in [0.25, 0.3) is 0 Å².